The number of nitrogens with two attached hydrogens (primary N) is 1. The van der Waals surface area contributed by atoms with Gasteiger partial charge in [-0.15, -0.1) is 0 Å². The van der Waals surface area contributed by atoms with E-state index in [4.69, 9.17) is 10.5 Å². The smallest absolute Gasteiger partial charge is 0.165 e. The normalized spacial score (nSPS) is 12.2. The minimum atomic E-state index is -0.339. The molecular weight excluding hydrogens is 255 g/mol. The lowest BCUT2D eigenvalue weighted by Crippen LogP contribution is -2.15. The highest BCUT2D eigenvalue weighted by Gasteiger charge is 2.13. The van der Waals surface area contributed by atoms with E-state index in [1.807, 2.05) is 31.3 Å². The van der Waals surface area contributed by atoms with Crippen molar-refractivity contribution in [2.45, 2.75) is 19.3 Å². The zero-order valence-electron chi connectivity index (χ0n) is 11.6. The predicted molar refractivity (Wildman–Crippen MR) is 77.3 cm³/mol. The molecule has 2 N–H and O–H groups in total. The minimum absolute atomic E-state index is 0.0735. The van der Waals surface area contributed by atoms with Crippen LogP contribution < -0.4 is 10.5 Å². The average molecular weight is 274 g/mol. The summed E-state index contributed by atoms with van der Waals surface area (Å²) in [6, 6.07) is 8.95. The highest BCUT2D eigenvalue weighted by molar-refractivity contribution is 5.32. The van der Waals surface area contributed by atoms with Crippen LogP contribution in [0, 0.1) is 5.82 Å². The molecule has 0 bridgehead atoms. The van der Waals surface area contributed by atoms with Crippen LogP contribution in [0.25, 0.3) is 0 Å². The van der Waals surface area contributed by atoms with Crippen LogP contribution in [0.3, 0.4) is 0 Å². The second-order valence-electron chi connectivity index (χ2n) is 4.62. The van der Waals surface area contributed by atoms with E-state index in [-0.39, 0.29) is 17.5 Å². The molecule has 0 aliphatic rings. The third-order valence-corrected chi connectivity index (χ3v) is 3.22. The van der Waals surface area contributed by atoms with Gasteiger partial charge >= 0.3 is 0 Å². The molecule has 1 unspecified atom stereocenters. The molecule has 2 aromatic rings. The standard InChI is InChI=1S/C16H19FN2O/c1-2-20-16-6-5-13(9-15(16)17)14(10-18)8-12-4-3-7-19-11-12/h3-7,9,11,14H,2,8,10,18H2,1H3. The number of halogens is 1. The first kappa shape index (κ1) is 14.5. The second-order valence-corrected chi connectivity index (χ2v) is 4.62. The van der Waals surface area contributed by atoms with Gasteiger partial charge in [0.15, 0.2) is 11.6 Å². The quantitative estimate of drug-likeness (QED) is 0.881. The topological polar surface area (TPSA) is 48.1 Å². The van der Waals surface area contributed by atoms with Crippen molar-refractivity contribution in [3.63, 3.8) is 0 Å². The van der Waals surface area contributed by atoms with E-state index in [0.717, 1.165) is 17.5 Å². The number of benzene rings is 1. The maximum absolute atomic E-state index is 13.9. The highest BCUT2D eigenvalue weighted by Crippen LogP contribution is 2.25. The van der Waals surface area contributed by atoms with Crippen molar-refractivity contribution in [1.29, 1.82) is 0 Å². The number of hydrogen-bond donors (Lipinski definition) is 1. The summed E-state index contributed by atoms with van der Waals surface area (Å²) < 4.78 is 19.1. The molecule has 0 saturated carbocycles. The molecule has 1 aromatic carbocycles. The van der Waals surface area contributed by atoms with Gasteiger partial charge in [0, 0.05) is 18.3 Å². The molecule has 0 fully saturated rings. The van der Waals surface area contributed by atoms with Gasteiger partial charge in [-0.2, -0.15) is 0 Å². The summed E-state index contributed by atoms with van der Waals surface area (Å²) in [5.41, 5.74) is 7.81. The number of hydrogen-bond acceptors (Lipinski definition) is 3. The Labute approximate surface area is 118 Å². The summed E-state index contributed by atoms with van der Waals surface area (Å²) in [6.45, 7) is 2.74. The predicted octanol–water partition coefficient (Wildman–Crippen LogP) is 2.90. The minimum Gasteiger partial charge on any atom is -0.491 e. The number of ether oxygens (including phenoxy) is 1. The van der Waals surface area contributed by atoms with Crippen molar-refractivity contribution < 1.29 is 9.13 Å². The number of nitrogens with zero attached hydrogens (tertiary/aromatic N) is 1. The maximum atomic E-state index is 13.9. The van der Waals surface area contributed by atoms with Crippen molar-refractivity contribution in [2.24, 2.45) is 5.73 Å². The molecular formula is C16H19FN2O. The van der Waals surface area contributed by atoms with Crippen LogP contribution in [-0.4, -0.2) is 18.1 Å². The van der Waals surface area contributed by atoms with E-state index in [9.17, 15) is 4.39 Å². The molecule has 4 heteroatoms. The number of rotatable bonds is 6. The molecule has 1 atom stereocenters. The van der Waals surface area contributed by atoms with Gasteiger partial charge in [0.2, 0.25) is 0 Å². The van der Waals surface area contributed by atoms with Crippen LogP contribution in [-0.2, 0) is 6.42 Å². The first-order valence-electron chi connectivity index (χ1n) is 6.75. The zero-order chi connectivity index (χ0) is 14.4. The summed E-state index contributed by atoms with van der Waals surface area (Å²) in [7, 11) is 0. The van der Waals surface area contributed by atoms with Crippen molar-refractivity contribution >= 4 is 0 Å². The maximum Gasteiger partial charge on any atom is 0.165 e. The Morgan fingerprint density at radius 3 is 2.80 bits per heavy atom. The molecule has 1 heterocycles. The Morgan fingerprint density at radius 1 is 1.35 bits per heavy atom. The monoisotopic (exact) mass is 274 g/mol. The van der Waals surface area contributed by atoms with Crippen LogP contribution >= 0.6 is 0 Å². The van der Waals surface area contributed by atoms with E-state index in [1.165, 1.54) is 6.07 Å². The van der Waals surface area contributed by atoms with Crippen molar-refractivity contribution in [1.82, 2.24) is 4.98 Å². The van der Waals surface area contributed by atoms with Crippen molar-refractivity contribution in [3.05, 3.63) is 59.7 Å². The van der Waals surface area contributed by atoms with Crippen molar-refractivity contribution in [3.8, 4) is 5.75 Å². The van der Waals surface area contributed by atoms with Gasteiger partial charge in [-0.1, -0.05) is 12.1 Å². The van der Waals surface area contributed by atoms with Gasteiger partial charge < -0.3 is 10.5 Å². The van der Waals surface area contributed by atoms with Crippen LogP contribution in [0.4, 0.5) is 4.39 Å². The van der Waals surface area contributed by atoms with Gasteiger partial charge in [0.1, 0.15) is 0 Å². The van der Waals surface area contributed by atoms with E-state index in [0.29, 0.717) is 13.2 Å². The third kappa shape index (κ3) is 3.54. The molecule has 2 rings (SSSR count). The highest BCUT2D eigenvalue weighted by atomic mass is 19.1. The fourth-order valence-electron chi connectivity index (χ4n) is 2.18. The van der Waals surface area contributed by atoms with Gasteiger partial charge in [-0.05, 0) is 49.2 Å². The molecule has 0 saturated heterocycles. The van der Waals surface area contributed by atoms with Gasteiger partial charge in [0.25, 0.3) is 0 Å². The third-order valence-electron chi connectivity index (χ3n) is 3.22. The van der Waals surface area contributed by atoms with Crippen LogP contribution in [0.15, 0.2) is 42.7 Å². The van der Waals surface area contributed by atoms with Gasteiger partial charge in [0.05, 0.1) is 6.61 Å². The average Bonchev–Trinajstić information content (AvgIpc) is 2.48. The Kier molecular flexibility index (Phi) is 5.07. The van der Waals surface area contributed by atoms with Gasteiger partial charge in [-0.3, -0.25) is 4.98 Å². The number of pyridine rings is 1. The summed E-state index contributed by atoms with van der Waals surface area (Å²) in [5.74, 6) is 0.0202. The molecule has 106 valence electrons. The fourth-order valence-corrected chi connectivity index (χ4v) is 2.18. The fraction of sp³-hybridized carbons (Fsp3) is 0.312. The van der Waals surface area contributed by atoms with E-state index >= 15 is 0 Å². The Morgan fingerprint density at radius 2 is 2.20 bits per heavy atom. The Hall–Kier alpha value is -1.94. The summed E-state index contributed by atoms with van der Waals surface area (Å²) in [5, 5.41) is 0. The molecule has 0 radical (unpaired) electrons. The summed E-state index contributed by atoms with van der Waals surface area (Å²) in [4.78, 5) is 4.09. The molecule has 20 heavy (non-hydrogen) atoms. The lowest BCUT2D eigenvalue weighted by Gasteiger charge is -2.16. The second kappa shape index (κ2) is 7.01. The molecule has 0 amide bonds. The molecule has 0 aliphatic heterocycles. The van der Waals surface area contributed by atoms with E-state index in [2.05, 4.69) is 4.98 Å². The first-order chi connectivity index (χ1) is 9.74. The largest absolute Gasteiger partial charge is 0.491 e. The molecule has 0 aliphatic carbocycles. The van der Waals surface area contributed by atoms with E-state index in [1.54, 1.807) is 12.3 Å². The summed E-state index contributed by atoms with van der Waals surface area (Å²) in [6.07, 6.45) is 4.29. The van der Waals surface area contributed by atoms with Crippen LogP contribution in [0.1, 0.15) is 24.0 Å². The lowest BCUT2D eigenvalue weighted by molar-refractivity contribution is 0.321. The van der Waals surface area contributed by atoms with Crippen molar-refractivity contribution in [2.75, 3.05) is 13.2 Å². The van der Waals surface area contributed by atoms with Crippen LogP contribution in [0.5, 0.6) is 5.75 Å². The summed E-state index contributed by atoms with van der Waals surface area (Å²) >= 11 is 0. The number of aromatic nitrogens is 1. The molecule has 0 spiro atoms. The lowest BCUT2D eigenvalue weighted by atomic mass is 9.92. The van der Waals surface area contributed by atoms with Crippen LogP contribution in [0.2, 0.25) is 0 Å². The SMILES string of the molecule is CCOc1ccc(C(CN)Cc2cccnc2)cc1F. The first-order valence-corrected chi connectivity index (χ1v) is 6.75. The molecule has 1 aromatic heterocycles. The Balaban J connectivity index is 2.17. The van der Waals surface area contributed by atoms with Gasteiger partial charge in [-0.25, -0.2) is 4.39 Å². The Bertz CT molecular complexity index is 545. The zero-order valence-corrected chi connectivity index (χ0v) is 11.6. The molecule has 3 nitrogen and oxygen atoms in total. The van der Waals surface area contributed by atoms with E-state index < -0.39 is 0 Å².